The molecule has 1 aliphatic rings. The molecule has 0 spiro atoms. The van der Waals surface area contributed by atoms with Gasteiger partial charge in [0, 0.05) is 79.1 Å². The number of nitrogens with zero attached hydrogens (tertiary/aromatic N) is 6. The molecule has 0 amide bonds. The smallest absolute Gasteiger partial charge is 0.165 e. The molecule has 11 aromatic carbocycles. The zero-order valence-electron chi connectivity index (χ0n) is 44.1. The molecule has 0 radical (unpaired) electrons. The zero-order valence-corrected chi connectivity index (χ0v) is 45.7. The van der Waals surface area contributed by atoms with Crippen LogP contribution >= 0.6 is 22.7 Å². The van der Waals surface area contributed by atoms with Crippen molar-refractivity contribution in [3.8, 4) is 102 Å². The molecule has 0 N–H and O–H groups in total. The molecule has 4 heterocycles. The predicted octanol–water partition coefficient (Wildman–Crippen LogP) is 19.6. The van der Waals surface area contributed by atoms with Crippen LogP contribution in [0.4, 0.5) is 0 Å². The van der Waals surface area contributed by atoms with Crippen molar-refractivity contribution in [2.75, 3.05) is 0 Å². The largest absolute Gasteiger partial charge is 0.208 e. The van der Waals surface area contributed by atoms with E-state index in [2.05, 4.69) is 220 Å². The van der Waals surface area contributed by atoms with Crippen molar-refractivity contribution in [2.45, 2.75) is 19.3 Å². The van der Waals surface area contributed by atoms with Gasteiger partial charge in [0.05, 0.1) is 0 Å². The van der Waals surface area contributed by atoms with E-state index in [1.165, 1.54) is 80.0 Å². The minimum atomic E-state index is -0.347. The second-order valence-electron chi connectivity index (χ2n) is 21.4. The van der Waals surface area contributed by atoms with Crippen LogP contribution in [0.5, 0.6) is 0 Å². The molecule has 81 heavy (non-hydrogen) atoms. The molecule has 0 saturated heterocycles. The molecule has 0 aliphatic heterocycles. The molecule has 8 heteroatoms. The zero-order chi connectivity index (χ0) is 53.8. The fraction of sp³-hybridized carbons (Fsp3) is 0.0411. The molecule has 0 bridgehead atoms. The highest BCUT2D eigenvalue weighted by Crippen LogP contribution is 2.54. The van der Waals surface area contributed by atoms with Crippen LogP contribution in [0.25, 0.3) is 153 Å². The summed E-state index contributed by atoms with van der Waals surface area (Å²) in [5, 5.41) is 7.29. The van der Waals surface area contributed by atoms with Crippen molar-refractivity contribution in [2.24, 2.45) is 0 Å². The van der Waals surface area contributed by atoms with Crippen LogP contribution in [0, 0.1) is 0 Å². The van der Waals surface area contributed by atoms with Crippen molar-refractivity contribution in [3.63, 3.8) is 0 Å². The lowest BCUT2D eigenvalue weighted by atomic mass is 9.78. The van der Waals surface area contributed by atoms with Gasteiger partial charge >= 0.3 is 0 Å². The van der Waals surface area contributed by atoms with Crippen LogP contribution in [0.3, 0.4) is 0 Å². The van der Waals surface area contributed by atoms with Crippen LogP contribution in [-0.4, -0.2) is 29.9 Å². The van der Waals surface area contributed by atoms with Gasteiger partial charge in [-0.2, -0.15) is 0 Å². The average molecular weight is 1070 g/mol. The SMILES string of the molecule is CC1(C)c2cc(-c3nc(-c4ccccc4)nc(-c4ccc(-c5ccc6sc7ccccc7c6c5)cc4)n3)ccc2-c2cccc(-c3ccc4sc5c(-c6nc(-c7ccccc7)nc(-c7ccc8ccccc8c7)n6)cccc5c4c3)c21. The Morgan fingerprint density at radius 2 is 0.753 bits per heavy atom. The Morgan fingerprint density at radius 3 is 1.49 bits per heavy atom. The third-order valence-corrected chi connectivity index (χ3v) is 18.5. The van der Waals surface area contributed by atoms with E-state index >= 15 is 0 Å². The summed E-state index contributed by atoms with van der Waals surface area (Å²) in [6.45, 7) is 4.71. The summed E-state index contributed by atoms with van der Waals surface area (Å²) < 4.78 is 4.96. The summed E-state index contributed by atoms with van der Waals surface area (Å²) in [5.41, 5.74) is 15.1. The second-order valence-corrected chi connectivity index (χ2v) is 23.5. The normalized spacial score (nSPS) is 12.7. The maximum absolute atomic E-state index is 5.25. The Bertz CT molecular complexity index is 5030. The van der Waals surface area contributed by atoms with E-state index in [0.717, 1.165) is 49.0 Å². The van der Waals surface area contributed by atoms with Gasteiger partial charge in [-0.25, -0.2) is 29.9 Å². The van der Waals surface area contributed by atoms with Gasteiger partial charge < -0.3 is 0 Å². The fourth-order valence-electron chi connectivity index (χ4n) is 12.1. The third-order valence-electron chi connectivity index (χ3n) is 16.2. The number of aromatic nitrogens is 6. The molecule has 16 rings (SSSR count). The number of fused-ring (bicyclic) bond motifs is 10. The summed E-state index contributed by atoms with van der Waals surface area (Å²) in [6, 6.07) is 86.3. The van der Waals surface area contributed by atoms with Crippen molar-refractivity contribution in [1.29, 1.82) is 0 Å². The van der Waals surface area contributed by atoms with Crippen LogP contribution in [-0.2, 0) is 5.41 Å². The summed E-state index contributed by atoms with van der Waals surface area (Å²) in [4.78, 5) is 31.0. The van der Waals surface area contributed by atoms with Crippen LogP contribution in [0.2, 0.25) is 0 Å². The molecule has 0 unspecified atom stereocenters. The van der Waals surface area contributed by atoms with Gasteiger partial charge in [0.25, 0.3) is 0 Å². The van der Waals surface area contributed by atoms with E-state index in [1.54, 1.807) is 11.3 Å². The first-order valence-corrected chi connectivity index (χ1v) is 28.9. The number of benzene rings is 11. The average Bonchev–Trinajstić information content (AvgIpc) is 4.31. The molecule has 15 aromatic rings. The van der Waals surface area contributed by atoms with Crippen molar-refractivity contribution >= 4 is 73.8 Å². The minimum Gasteiger partial charge on any atom is -0.208 e. The first kappa shape index (κ1) is 47.2. The van der Waals surface area contributed by atoms with Crippen molar-refractivity contribution in [1.82, 2.24) is 29.9 Å². The molecule has 1 aliphatic carbocycles. The lowest BCUT2D eigenvalue weighted by Gasteiger charge is -2.25. The third kappa shape index (κ3) is 7.97. The number of thiophene rings is 2. The standard InChI is InChI=1S/C73H46N6S2/c1-73(2)61-42-52(71-75-67(45-16-5-3-6-17-45)74-69(77-71)47-30-27-44(28-31-47)49-34-37-63-59(40-49)55-21-11-12-26-62(55)80-63)33-36-54(61)56-23-13-22-53(65(56)73)50-35-38-64-60(41-50)57-24-14-25-58(66(57)81-64)72-78-68(46-18-7-4-8-19-46)76-70(79-72)51-32-29-43-15-9-10-20-48(43)39-51/h3-42H,1-2H3. The van der Waals surface area contributed by atoms with Gasteiger partial charge in [0.2, 0.25) is 0 Å². The predicted molar refractivity (Wildman–Crippen MR) is 338 cm³/mol. The quantitative estimate of drug-likeness (QED) is 0.151. The van der Waals surface area contributed by atoms with E-state index in [0.29, 0.717) is 34.9 Å². The highest BCUT2D eigenvalue weighted by molar-refractivity contribution is 7.26. The molecule has 0 fully saturated rings. The van der Waals surface area contributed by atoms with Gasteiger partial charge in [0.1, 0.15) is 0 Å². The van der Waals surface area contributed by atoms with Crippen LogP contribution in [0.1, 0.15) is 25.0 Å². The molecule has 4 aromatic heterocycles. The molecular weight excluding hydrogens is 1020 g/mol. The molecule has 0 saturated carbocycles. The molecule has 0 atom stereocenters. The van der Waals surface area contributed by atoms with E-state index < -0.39 is 0 Å². The Kier molecular flexibility index (Phi) is 10.9. The summed E-state index contributed by atoms with van der Waals surface area (Å²) >= 11 is 3.63. The van der Waals surface area contributed by atoms with Gasteiger partial charge in [-0.1, -0.05) is 208 Å². The number of hydrogen-bond donors (Lipinski definition) is 0. The molecule has 6 nitrogen and oxygen atoms in total. The summed E-state index contributed by atoms with van der Waals surface area (Å²) in [6.07, 6.45) is 0. The van der Waals surface area contributed by atoms with Crippen LogP contribution in [0.15, 0.2) is 243 Å². The minimum absolute atomic E-state index is 0.347. The van der Waals surface area contributed by atoms with Gasteiger partial charge in [-0.3, -0.25) is 0 Å². The number of rotatable bonds is 8. The first-order valence-electron chi connectivity index (χ1n) is 27.2. The van der Waals surface area contributed by atoms with E-state index in [-0.39, 0.29) is 5.41 Å². The Hall–Kier alpha value is -9.86. The van der Waals surface area contributed by atoms with E-state index in [4.69, 9.17) is 29.9 Å². The fourth-order valence-corrected chi connectivity index (χ4v) is 14.4. The Labute approximate surface area is 475 Å². The molecular formula is C73H46N6S2. The monoisotopic (exact) mass is 1070 g/mol. The molecule has 380 valence electrons. The summed E-state index contributed by atoms with van der Waals surface area (Å²) in [5.74, 6) is 3.86. The van der Waals surface area contributed by atoms with Crippen LogP contribution < -0.4 is 0 Å². The maximum atomic E-state index is 5.25. The lowest BCUT2D eigenvalue weighted by Crippen LogP contribution is -2.16. The van der Waals surface area contributed by atoms with E-state index in [9.17, 15) is 0 Å². The topological polar surface area (TPSA) is 77.3 Å². The Balaban J connectivity index is 0.756. The highest BCUT2D eigenvalue weighted by Gasteiger charge is 2.38. The van der Waals surface area contributed by atoms with Gasteiger partial charge in [0.15, 0.2) is 34.9 Å². The Morgan fingerprint density at radius 1 is 0.272 bits per heavy atom. The highest BCUT2D eigenvalue weighted by atomic mass is 32.1. The summed E-state index contributed by atoms with van der Waals surface area (Å²) in [7, 11) is 0. The van der Waals surface area contributed by atoms with Gasteiger partial charge in [-0.05, 0) is 104 Å². The van der Waals surface area contributed by atoms with E-state index in [1.807, 2.05) is 47.7 Å². The van der Waals surface area contributed by atoms with Gasteiger partial charge in [-0.15, -0.1) is 22.7 Å². The first-order chi connectivity index (χ1) is 39.8. The van der Waals surface area contributed by atoms with Crippen molar-refractivity contribution < 1.29 is 0 Å². The lowest BCUT2D eigenvalue weighted by molar-refractivity contribution is 0.662. The number of hydrogen-bond acceptors (Lipinski definition) is 8. The maximum Gasteiger partial charge on any atom is 0.165 e. The van der Waals surface area contributed by atoms with Crippen molar-refractivity contribution in [3.05, 3.63) is 254 Å². The second kappa shape index (κ2) is 18.6.